The zero-order chi connectivity index (χ0) is 16.6. The quantitative estimate of drug-likeness (QED) is 0.720. The molecule has 0 aliphatic rings. The van der Waals surface area contributed by atoms with Crippen molar-refractivity contribution in [2.75, 3.05) is 5.32 Å². The molecule has 2 heterocycles. The molecule has 2 N–H and O–H groups in total. The van der Waals surface area contributed by atoms with Crippen LogP contribution < -0.4 is 5.32 Å². The van der Waals surface area contributed by atoms with Crippen LogP contribution >= 0.6 is 0 Å². The maximum atomic E-state index is 12.7. The average Bonchev–Trinajstić information content (AvgIpc) is 2.89. The highest BCUT2D eigenvalue weighted by Gasteiger charge is 2.31. The second-order valence-corrected chi connectivity index (χ2v) is 4.94. The summed E-state index contributed by atoms with van der Waals surface area (Å²) in [7, 11) is 0. The van der Waals surface area contributed by atoms with Crippen LogP contribution in [0.1, 0.15) is 12.5 Å². The van der Waals surface area contributed by atoms with Crippen LogP contribution in [0.15, 0.2) is 41.1 Å². The number of rotatable bonds is 3. The van der Waals surface area contributed by atoms with Crippen molar-refractivity contribution in [3.63, 3.8) is 0 Å². The monoisotopic (exact) mass is 323 g/mol. The van der Waals surface area contributed by atoms with E-state index in [1.54, 1.807) is 6.07 Å². The number of nitrogens with one attached hydrogen (secondary N) is 1. The molecule has 2 aromatic heterocycles. The van der Waals surface area contributed by atoms with Crippen LogP contribution in [-0.4, -0.2) is 21.3 Å². The summed E-state index contributed by atoms with van der Waals surface area (Å²) in [6, 6.07) is 4.71. The van der Waals surface area contributed by atoms with Crippen molar-refractivity contribution in [2.45, 2.75) is 19.3 Å². The van der Waals surface area contributed by atoms with Crippen LogP contribution in [0.5, 0.6) is 0 Å². The molecule has 3 aromatic rings. The average molecular weight is 323 g/mol. The summed E-state index contributed by atoms with van der Waals surface area (Å²) in [4.78, 5) is 8.04. The normalized spacial score (nSPS) is 13.3. The first-order valence-electron chi connectivity index (χ1n) is 6.71. The van der Waals surface area contributed by atoms with E-state index < -0.39 is 18.0 Å². The van der Waals surface area contributed by atoms with Crippen molar-refractivity contribution in [3.05, 3.63) is 42.2 Å². The van der Waals surface area contributed by atoms with Gasteiger partial charge in [0.15, 0.2) is 5.58 Å². The SMILES string of the molecule is CC(O)Nc1cnccc1-c1nc2cc(C(F)(F)F)ccc2o1. The van der Waals surface area contributed by atoms with E-state index >= 15 is 0 Å². The molecule has 23 heavy (non-hydrogen) atoms. The van der Waals surface area contributed by atoms with Gasteiger partial charge in [-0.1, -0.05) is 0 Å². The Labute approximate surface area is 128 Å². The predicted octanol–water partition coefficient (Wildman–Crippen LogP) is 3.66. The largest absolute Gasteiger partial charge is 0.436 e. The highest BCUT2D eigenvalue weighted by atomic mass is 19.4. The van der Waals surface area contributed by atoms with Gasteiger partial charge >= 0.3 is 6.18 Å². The lowest BCUT2D eigenvalue weighted by molar-refractivity contribution is -0.137. The van der Waals surface area contributed by atoms with Crippen molar-refractivity contribution in [3.8, 4) is 11.5 Å². The molecular weight excluding hydrogens is 311 g/mol. The molecule has 3 rings (SSSR count). The van der Waals surface area contributed by atoms with Gasteiger partial charge in [-0.3, -0.25) is 4.98 Å². The number of benzene rings is 1. The molecule has 120 valence electrons. The minimum absolute atomic E-state index is 0.106. The van der Waals surface area contributed by atoms with Crippen LogP contribution in [0.25, 0.3) is 22.6 Å². The lowest BCUT2D eigenvalue weighted by Gasteiger charge is -2.11. The van der Waals surface area contributed by atoms with Gasteiger partial charge in [-0.25, -0.2) is 4.98 Å². The molecule has 0 saturated carbocycles. The summed E-state index contributed by atoms with van der Waals surface area (Å²) in [5.41, 5.74) is 0.514. The summed E-state index contributed by atoms with van der Waals surface area (Å²) in [5.74, 6) is 0.143. The number of anilines is 1. The molecule has 0 fully saturated rings. The maximum Gasteiger partial charge on any atom is 0.416 e. The number of hydrogen-bond donors (Lipinski definition) is 2. The summed E-state index contributed by atoms with van der Waals surface area (Å²) < 4.78 is 43.8. The summed E-state index contributed by atoms with van der Waals surface area (Å²) in [5, 5.41) is 12.2. The van der Waals surface area contributed by atoms with Crippen molar-refractivity contribution in [1.29, 1.82) is 0 Å². The fourth-order valence-corrected chi connectivity index (χ4v) is 2.14. The zero-order valence-electron chi connectivity index (χ0n) is 11.9. The van der Waals surface area contributed by atoms with Gasteiger partial charge < -0.3 is 14.8 Å². The third kappa shape index (κ3) is 3.11. The Morgan fingerprint density at radius 3 is 2.74 bits per heavy atom. The van der Waals surface area contributed by atoms with Gasteiger partial charge in [0, 0.05) is 6.20 Å². The van der Waals surface area contributed by atoms with E-state index in [9.17, 15) is 18.3 Å². The van der Waals surface area contributed by atoms with Crippen molar-refractivity contribution >= 4 is 16.8 Å². The van der Waals surface area contributed by atoms with Crippen LogP contribution in [0.2, 0.25) is 0 Å². The third-order valence-electron chi connectivity index (χ3n) is 3.13. The van der Waals surface area contributed by atoms with E-state index in [-0.39, 0.29) is 17.0 Å². The molecular formula is C15H12F3N3O2. The standard InChI is InChI=1S/C15H12F3N3O2/c1-8(22)20-12-7-19-5-4-10(12)14-21-11-6-9(15(16,17)18)2-3-13(11)23-14/h2-8,20,22H,1H3. The second-order valence-electron chi connectivity index (χ2n) is 4.94. The third-order valence-corrected chi connectivity index (χ3v) is 3.13. The first-order valence-corrected chi connectivity index (χ1v) is 6.71. The van der Waals surface area contributed by atoms with Crippen molar-refractivity contribution in [2.24, 2.45) is 0 Å². The molecule has 8 heteroatoms. The Hall–Kier alpha value is -2.61. The number of hydrogen-bond acceptors (Lipinski definition) is 5. The molecule has 0 saturated heterocycles. The van der Waals surface area contributed by atoms with E-state index in [0.717, 1.165) is 12.1 Å². The first-order chi connectivity index (χ1) is 10.8. The summed E-state index contributed by atoms with van der Waals surface area (Å²) in [6.07, 6.45) is -2.31. The highest BCUT2D eigenvalue weighted by Crippen LogP contribution is 2.34. The second kappa shape index (κ2) is 5.54. The van der Waals surface area contributed by atoms with Gasteiger partial charge in [-0.2, -0.15) is 13.2 Å². The number of nitrogens with zero attached hydrogens (tertiary/aromatic N) is 2. The Morgan fingerprint density at radius 1 is 1.26 bits per heavy atom. The summed E-state index contributed by atoms with van der Waals surface area (Å²) >= 11 is 0. The number of alkyl halides is 3. The number of aliphatic hydroxyl groups excluding tert-OH is 1. The molecule has 5 nitrogen and oxygen atoms in total. The molecule has 1 unspecified atom stereocenters. The van der Waals surface area contributed by atoms with E-state index in [0.29, 0.717) is 11.3 Å². The molecule has 0 aliphatic heterocycles. The van der Waals surface area contributed by atoms with Gasteiger partial charge in [0.25, 0.3) is 0 Å². The van der Waals surface area contributed by atoms with Crippen LogP contribution in [-0.2, 0) is 6.18 Å². The van der Waals surface area contributed by atoms with E-state index in [2.05, 4.69) is 15.3 Å². The molecule has 1 atom stereocenters. The summed E-state index contributed by atoms with van der Waals surface area (Å²) in [6.45, 7) is 1.53. The number of aromatic nitrogens is 2. The van der Waals surface area contributed by atoms with E-state index in [1.165, 1.54) is 25.4 Å². The lowest BCUT2D eigenvalue weighted by atomic mass is 10.2. The Balaban J connectivity index is 2.08. The van der Waals surface area contributed by atoms with Crippen LogP contribution in [0, 0.1) is 0 Å². The number of aliphatic hydroxyl groups is 1. The molecule has 0 radical (unpaired) electrons. The minimum Gasteiger partial charge on any atom is -0.436 e. The van der Waals surface area contributed by atoms with Crippen molar-refractivity contribution in [1.82, 2.24) is 9.97 Å². The topological polar surface area (TPSA) is 71.2 Å². The van der Waals surface area contributed by atoms with E-state index in [1.807, 2.05) is 0 Å². The number of oxazole rings is 1. The van der Waals surface area contributed by atoms with Crippen molar-refractivity contribution < 1.29 is 22.7 Å². The Kier molecular flexibility index (Phi) is 3.69. The van der Waals surface area contributed by atoms with Gasteiger partial charge in [-0.15, -0.1) is 0 Å². The zero-order valence-corrected chi connectivity index (χ0v) is 11.9. The molecule has 0 amide bonds. The fraction of sp³-hybridized carbons (Fsp3) is 0.200. The smallest absolute Gasteiger partial charge is 0.416 e. The van der Waals surface area contributed by atoms with Gasteiger partial charge in [0.05, 0.1) is 23.0 Å². The Bertz CT molecular complexity index is 843. The fourth-order valence-electron chi connectivity index (χ4n) is 2.14. The van der Waals surface area contributed by atoms with Gasteiger partial charge in [-0.05, 0) is 31.2 Å². The predicted molar refractivity (Wildman–Crippen MR) is 77.5 cm³/mol. The Morgan fingerprint density at radius 2 is 2.04 bits per heavy atom. The van der Waals surface area contributed by atoms with Gasteiger partial charge in [0.2, 0.25) is 5.89 Å². The van der Waals surface area contributed by atoms with Gasteiger partial charge in [0.1, 0.15) is 11.7 Å². The minimum atomic E-state index is -4.44. The molecule has 1 aromatic carbocycles. The number of pyridine rings is 1. The first kappa shape index (κ1) is 15.3. The van der Waals surface area contributed by atoms with Crippen LogP contribution in [0.4, 0.5) is 18.9 Å². The van der Waals surface area contributed by atoms with E-state index in [4.69, 9.17) is 4.42 Å². The highest BCUT2D eigenvalue weighted by molar-refractivity contribution is 5.80. The maximum absolute atomic E-state index is 12.7. The number of halogens is 3. The van der Waals surface area contributed by atoms with Crippen LogP contribution in [0.3, 0.4) is 0 Å². The number of fused-ring (bicyclic) bond motifs is 1. The molecule has 0 bridgehead atoms. The lowest BCUT2D eigenvalue weighted by Crippen LogP contribution is -2.14. The molecule has 0 spiro atoms. The molecule has 0 aliphatic carbocycles.